The predicted molar refractivity (Wildman–Crippen MR) is 119 cm³/mol. The van der Waals surface area contributed by atoms with Crippen LogP contribution in [-0.4, -0.2) is 58.2 Å². The van der Waals surface area contributed by atoms with Crippen LogP contribution in [-0.2, 0) is 16.1 Å². The van der Waals surface area contributed by atoms with Crippen molar-refractivity contribution in [1.82, 2.24) is 25.0 Å². The highest BCUT2D eigenvalue weighted by Crippen LogP contribution is 2.28. The number of benzene rings is 1. The number of likely N-dealkylation sites (tertiary alicyclic amines) is 1. The molecule has 2 N–H and O–H groups in total. The number of piperidine rings is 1. The summed E-state index contributed by atoms with van der Waals surface area (Å²) in [4.78, 5) is 27.1. The number of aromatic nitrogens is 3. The second-order valence-corrected chi connectivity index (χ2v) is 8.74. The second kappa shape index (κ2) is 9.64. The molecule has 1 saturated heterocycles. The number of nitrogens with one attached hydrogen (secondary N) is 2. The number of carbonyl (C=O) groups is 2. The van der Waals surface area contributed by atoms with Crippen molar-refractivity contribution in [2.45, 2.75) is 38.6 Å². The Bertz CT molecular complexity index is 980. The molecule has 2 aromatic rings. The summed E-state index contributed by atoms with van der Waals surface area (Å²) < 4.78 is 7.53. The number of rotatable bonds is 8. The van der Waals surface area contributed by atoms with Gasteiger partial charge >= 0.3 is 0 Å². The Balaban J connectivity index is 1.35. The van der Waals surface area contributed by atoms with E-state index in [2.05, 4.69) is 15.5 Å². The molecule has 2 amide bonds. The van der Waals surface area contributed by atoms with E-state index in [-0.39, 0.29) is 17.7 Å². The number of H-pyrrole nitrogens is 1. The van der Waals surface area contributed by atoms with E-state index in [1.54, 1.807) is 7.11 Å². The molecule has 8 nitrogen and oxygen atoms in total. The highest BCUT2D eigenvalue weighted by Gasteiger charge is 2.29. The lowest BCUT2D eigenvalue weighted by molar-refractivity contribution is -0.135. The Kier molecular flexibility index (Phi) is 6.70. The van der Waals surface area contributed by atoms with Gasteiger partial charge in [0.05, 0.1) is 13.0 Å². The summed E-state index contributed by atoms with van der Waals surface area (Å²) in [5.74, 6) is 2.13. The number of aromatic amines is 1. The molecule has 2 fully saturated rings. The second-order valence-electron chi connectivity index (χ2n) is 8.35. The van der Waals surface area contributed by atoms with Crippen LogP contribution in [0.3, 0.4) is 0 Å². The molecule has 9 heteroatoms. The minimum Gasteiger partial charge on any atom is -0.497 e. The molecule has 0 spiro atoms. The number of amides is 2. The molecule has 1 aliphatic carbocycles. The molecule has 1 aromatic carbocycles. The standard InChI is InChI=1S/C22H29N5O3S/c1-30-18-8-6-16(7-9-18)20-24-25-22(31)27(20)12-10-19(28)26-11-2-3-17(14-26)21(29)23-13-15-4-5-15/h6-9,15,17H,2-5,10-14H2,1H3,(H,23,29)(H,25,31). The van der Waals surface area contributed by atoms with Gasteiger partial charge in [-0.25, -0.2) is 0 Å². The molecule has 0 bridgehead atoms. The van der Waals surface area contributed by atoms with Crippen molar-refractivity contribution < 1.29 is 14.3 Å². The van der Waals surface area contributed by atoms with Gasteiger partial charge in [0.15, 0.2) is 10.6 Å². The van der Waals surface area contributed by atoms with Crippen LogP contribution in [0, 0.1) is 16.6 Å². The molecule has 4 rings (SSSR count). The summed E-state index contributed by atoms with van der Waals surface area (Å²) in [6.45, 7) is 2.41. The summed E-state index contributed by atoms with van der Waals surface area (Å²) in [7, 11) is 1.62. The lowest BCUT2D eigenvalue weighted by atomic mass is 9.96. The first-order chi connectivity index (χ1) is 15.0. The van der Waals surface area contributed by atoms with E-state index in [1.165, 1.54) is 12.8 Å². The molecule has 2 heterocycles. The van der Waals surface area contributed by atoms with Gasteiger partial charge in [-0.3, -0.25) is 19.3 Å². The van der Waals surface area contributed by atoms with E-state index in [4.69, 9.17) is 17.0 Å². The summed E-state index contributed by atoms with van der Waals surface area (Å²) in [6.07, 6.45) is 4.44. The fraction of sp³-hybridized carbons (Fsp3) is 0.545. The molecule has 1 unspecified atom stereocenters. The average molecular weight is 444 g/mol. The first-order valence-electron chi connectivity index (χ1n) is 10.9. The molecule has 1 aliphatic heterocycles. The van der Waals surface area contributed by atoms with Crippen molar-refractivity contribution in [3.05, 3.63) is 29.0 Å². The van der Waals surface area contributed by atoms with E-state index in [0.29, 0.717) is 42.6 Å². The van der Waals surface area contributed by atoms with E-state index >= 15 is 0 Å². The number of hydrogen-bond donors (Lipinski definition) is 2. The fourth-order valence-electron chi connectivity index (χ4n) is 3.98. The van der Waals surface area contributed by atoms with Gasteiger partial charge in [-0.05, 0) is 68.1 Å². The minimum atomic E-state index is -0.109. The molecule has 0 radical (unpaired) electrons. The van der Waals surface area contributed by atoms with Crippen molar-refractivity contribution >= 4 is 24.0 Å². The van der Waals surface area contributed by atoms with Crippen LogP contribution in [0.5, 0.6) is 5.75 Å². The minimum absolute atomic E-state index is 0.0449. The van der Waals surface area contributed by atoms with Crippen LogP contribution >= 0.6 is 12.2 Å². The summed E-state index contributed by atoms with van der Waals surface area (Å²) in [5, 5.41) is 10.2. The van der Waals surface area contributed by atoms with E-state index < -0.39 is 0 Å². The first kappa shape index (κ1) is 21.5. The van der Waals surface area contributed by atoms with Gasteiger partial charge in [0.2, 0.25) is 11.8 Å². The summed E-state index contributed by atoms with van der Waals surface area (Å²) >= 11 is 5.38. The van der Waals surface area contributed by atoms with E-state index in [0.717, 1.165) is 30.7 Å². The Labute approximate surface area is 187 Å². The Morgan fingerprint density at radius 3 is 2.74 bits per heavy atom. The quantitative estimate of drug-likeness (QED) is 0.612. The molecular formula is C22H29N5O3S. The van der Waals surface area contributed by atoms with Crippen LogP contribution in [0.15, 0.2) is 24.3 Å². The van der Waals surface area contributed by atoms with Crippen molar-refractivity contribution in [3.63, 3.8) is 0 Å². The normalized spacial score (nSPS) is 18.6. The smallest absolute Gasteiger partial charge is 0.224 e. The van der Waals surface area contributed by atoms with Crippen molar-refractivity contribution in [2.75, 3.05) is 26.7 Å². The number of carbonyl (C=O) groups excluding carboxylic acids is 2. The lowest BCUT2D eigenvalue weighted by Crippen LogP contribution is -2.45. The number of hydrogen-bond acceptors (Lipinski definition) is 5. The third-order valence-electron chi connectivity index (χ3n) is 6.06. The Hall–Kier alpha value is -2.68. The third kappa shape index (κ3) is 5.33. The molecule has 166 valence electrons. The molecule has 1 aromatic heterocycles. The van der Waals surface area contributed by atoms with Crippen LogP contribution in [0.2, 0.25) is 0 Å². The molecule has 1 atom stereocenters. The molecule has 1 saturated carbocycles. The van der Waals surface area contributed by atoms with Gasteiger partial charge in [-0.1, -0.05) is 0 Å². The van der Waals surface area contributed by atoms with Gasteiger partial charge in [-0.2, -0.15) is 5.10 Å². The highest BCUT2D eigenvalue weighted by molar-refractivity contribution is 7.71. The zero-order chi connectivity index (χ0) is 21.8. The zero-order valence-corrected chi connectivity index (χ0v) is 18.6. The van der Waals surface area contributed by atoms with Crippen LogP contribution in [0.1, 0.15) is 32.1 Å². The Morgan fingerprint density at radius 1 is 1.26 bits per heavy atom. The summed E-state index contributed by atoms with van der Waals surface area (Å²) in [5.41, 5.74) is 0.894. The van der Waals surface area contributed by atoms with Gasteiger partial charge in [0.1, 0.15) is 5.75 Å². The fourth-order valence-corrected chi connectivity index (χ4v) is 4.20. The predicted octanol–water partition coefficient (Wildman–Crippen LogP) is 2.77. The maximum atomic E-state index is 12.9. The maximum absolute atomic E-state index is 12.9. The topological polar surface area (TPSA) is 92.2 Å². The molecular weight excluding hydrogens is 414 g/mol. The van der Waals surface area contributed by atoms with Gasteiger partial charge in [0.25, 0.3) is 0 Å². The van der Waals surface area contributed by atoms with Crippen molar-refractivity contribution in [2.24, 2.45) is 11.8 Å². The average Bonchev–Trinajstić information content (AvgIpc) is 3.57. The number of nitrogens with zero attached hydrogens (tertiary/aromatic N) is 3. The van der Waals surface area contributed by atoms with Gasteiger partial charge in [0, 0.05) is 38.2 Å². The molecule has 2 aliphatic rings. The van der Waals surface area contributed by atoms with Crippen LogP contribution in [0.25, 0.3) is 11.4 Å². The van der Waals surface area contributed by atoms with Crippen molar-refractivity contribution in [3.8, 4) is 17.1 Å². The highest BCUT2D eigenvalue weighted by atomic mass is 32.1. The van der Waals surface area contributed by atoms with Crippen LogP contribution in [0.4, 0.5) is 0 Å². The SMILES string of the molecule is COc1ccc(-c2n[nH]c(=S)n2CCC(=O)N2CCCC(C(=O)NCC3CC3)C2)cc1. The van der Waals surface area contributed by atoms with Gasteiger partial charge in [-0.15, -0.1) is 0 Å². The molecule has 31 heavy (non-hydrogen) atoms. The van der Waals surface area contributed by atoms with E-state index in [1.807, 2.05) is 33.7 Å². The zero-order valence-electron chi connectivity index (χ0n) is 17.8. The first-order valence-corrected chi connectivity index (χ1v) is 11.3. The third-order valence-corrected chi connectivity index (χ3v) is 6.37. The van der Waals surface area contributed by atoms with Gasteiger partial charge < -0.3 is 15.0 Å². The largest absolute Gasteiger partial charge is 0.497 e. The lowest BCUT2D eigenvalue weighted by Gasteiger charge is -2.32. The number of ether oxygens (including phenoxy) is 1. The maximum Gasteiger partial charge on any atom is 0.224 e. The monoisotopic (exact) mass is 443 g/mol. The number of methoxy groups -OCH3 is 1. The Morgan fingerprint density at radius 2 is 2.03 bits per heavy atom. The van der Waals surface area contributed by atoms with E-state index in [9.17, 15) is 9.59 Å². The summed E-state index contributed by atoms with van der Waals surface area (Å²) in [6, 6.07) is 7.56. The van der Waals surface area contributed by atoms with Crippen molar-refractivity contribution in [1.29, 1.82) is 0 Å². The van der Waals surface area contributed by atoms with Crippen LogP contribution < -0.4 is 10.1 Å².